The fourth-order valence-electron chi connectivity index (χ4n) is 6.48. The first kappa shape index (κ1) is 31.4. The number of aldehydes is 1. The quantitative estimate of drug-likeness (QED) is 0.310. The molecule has 3 N–H and O–H groups in total. The van der Waals surface area contributed by atoms with Crippen molar-refractivity contribution in [2.45, 2.75) is 81.6 Å². The number of ether oxygens (including phenoxy) is 3. The first-order valence-corrected chi connectivity index (χ1v) is 13.3. The minimum Gasteiger partial charge on any atom is -0.481 e. The minimum absolute atomic E-state index is 0.144. The van der Waals surface area contributed by atoms with Crippen LogP contribution in [0.25, 0.3) is 0 Å². The molecule has 0 unspecified atom stereocenters. The van der Waals surface area contributed by atoms with E-state index in [0.29, 0.717) is 24.2 Å². The number of piperidine rings is 1. The Hall–Kier alpha value is -3.49. The van der Waals surface area contributed by atoms with E-state index in [1.54, 1.807) is 6.08 Å². The Morgan fingerprint density at radius 1 is 1.26 bits per heavy atom. The van der Waals surface area contributed by atoms with Gasteiger partial charge >= 0.3 is 24.1 Å². The van der Waals surface area contributed by atoms with Crippen molar-refractivity contribution in [2.24, 2.45) is 5.92 Å². The van der Waals surface area contributed by atoms with Crippen molar-refractivity contribution >= 4 is 24.2 Å². The number of carboxylic acids is 1. The van der Waals surface area contributed by atoms with Crippen molar-refractivity contribution in [2.75, 3.05) is 13.6 Å². The van der Waals surface area contributed by atoms with Crippen LogP contribution in [0, 0.1) is 5.92 Å². The summed E-state index contributed by atoms with van der Waals surface area (Å²) in [4.78, 5) is 46.8. The topological polar surface area (TPSA) is 160 Å². The van der Waals surface area contributed by atoms with Gasteiger partial charge < -0.3 is 34.4 Å². The van der Waals surface area contributed by atoms with Crippen LogP contribution >= 0.6 is 0 Å². The largest absolute Gasteiger partial charge is 0.481 e. The molecule has 0 amide bonds. The van der Waals surface area contributed by atoms with Gasteiger partial charge in [0.05, 0.1) is 30.0 Å². The van der Waals surface area contributed by atoms with Gasteiger partial charge in [-0.2, -0.15) is 13.2 Å². The number of benzene rings is 1. The number of carbonyl (C=O) groups is 4. The third-order valence-electron chi connectivity index (χ3n) is 8.51. The number of carbonyl (C=O) groups excluding carboxylic acids is 3. The molecule has 2 bridgehead atoms. The summed E-state index contributed by atoms with van der Waals surface area (Å²) in [5.41, 5.74) is 0.595. The summed E-state index contributed by atoms with van der Waals surface area (Å²) in [7, 11) is 2.00. The number of likely N-dealkylation sites (N-methyl/N-ethyl adjacent to an activating group) is 1. The van der Waals surface area contributed by atoms with Gasteiger partial charge in [-0.05, 0) is 45.0 Å². The average molecular weight is 600 g/mol. The second kappa shape index (κ2) is 11.3. The van der Waals surface area contributed by atoms with Gasteiger partial charge in [-0.3, -0.25) is 14.4 Å². The minimum atomic E-state index is -4.64. The number of hydrogen-bond donors (Lipinski definition) is 3. The van der Waals surface area contributed by atoms with Gasteiger partial charge in [0.1, 0.15) is 11.5 Å². The van der Waals surface area contributed by atoms with Gasteiger partial charge in [-0.25, -0.2) is 4.79 Å². The summed E-state index contributed by atoms with van der Waals surface area (Å²) in [6.45, 7) is 3.24. The predicted octanol–water partition coefficient (Wildman–Crippen LogP) is 1.79. The second-order valence-electron chi connectivity index (χ2n) is 11.1. The summed E-state index contributed by atoms with van der Waals surface area (Å²) in [5.74, 6) is -2.83. The normalized spacial score (nSPS) is 28.5. The molecular formula is C28H32F3NO10. The number of aliphatic hydroxyl groups excluding tert-OH is 1. The Morgan fingerprint density at radius 2 is 1.93 bits per heavy atom. The molecule has 0 saturated carbocycles. The Bertz CT molecular complexity index is 1310. The van der Waals surface area contributed by atoms with Crippen molar-refractivity contribution < 1.29 is 61.9 Å². The van der Waals surface area contributed by atoms with Gasteiger partial charge in [-0.1, -0.05) is 19.1 Å². The van der Waals surface area contributed by atoms with Crippen molar-refractivity contribution in [3.8, 4) is 5.75 Å². The maximum atomic E-state index is 13.0. The van der Waals surface area contributed by atoms with Crippen LogP contribution in [-0.4, -0.2) is 88.0 Å². The van der Waals surface area contributed by atoms with E-state index in [9.17, 15) is 37.8 Å². The van der Waals surface area contributed by atoms with Crippen LogP contribution < -0.4 is 4.74 Å². The van der Waals surface area contributed by atoms with Crippen LogP contribution in [0.15, 0.2) is 24.0 Å². The third kappa shape index (κ3) is 5.26. The lowest BCUT2D eigenvalue weighted by atomic mass is 9.50. The van der Waals surface area contributed by atoms with Crippen LogP contribution in [0.1, 0.15) is 49.8 Å². The molecule has 1 aromatic carbocycles. The van der Waals surface area contributed by atoms with E-state index in [1.165, 1.54) is 13.8 Å². The lowest BCUT2D eigenvalue weighted by Gasteiger charge is -2.61. The van der Waals surface area contributed by atoms with Crippen LogP contribution in [0.3, 0.4) is 0 Å². The molecule has 2 aliphatic heterocycles. The molecule has 230 valence electrons. The molecule has 42 heavy (non-hydrogen) atoms. The lowest BCUT2D eigenvalue weighted by Crippen LogP contribution is -2.74. The van der Waals surface area contributed by atoms with Gasteiger partial charge in [0.15, 0.2) is 12.2 Å². The molecule has 0 radical (unpaired) electrons. The Morgan fingerprint density at radius 3 is 2.52 bits per heavy atom. The van der Waals surface area contributed by atoms with Crippen molar-refractivity contribution in [1.29, 1.82) is 0 Å². The molecule has 14 heteroatoms. The highest BCUT2D eigenvalue weighted by atomic mass is 19.4. The molecule has 2 aliphatic carbocycles. The highest BCUT2D eigenvalue weighted by molar-refractivity contribution is 5.82. The standard InChI is InChI=1S/C26H31NO9.C2HF3O/c1-13(10-19(29)34-14(2)23(30)31)24(32)35-17-6-7-26(33)18-11-15-4-5-16(12-28)21-20(15)25(26,22(17)36-21)8-9-27(18)3;3-2(4,5)1-6/h4-6,13-14,18,22,28,33H,7-12H2,1-3H3,(H,30,31);1H/t13-,14-,18+,22-,25-,26+;/m0./s1. The number of halogens is 3. The number of alkyl halides is 3. The van der Waals surface area contributed by atoms with E-state index in [1.807, 2.05) is 19.2 Å². The molecule has 1 spiro atoms. The van der Waals surface area contributed by atoms with Crippen molar-refractivity contribution in [1.82, 2.24) is 4.90 Å². The van der Waals surface area contributed by atoms with Crippen LogP contribution in [0.2, 0.25) is 0 Å². The predicted molar refractivity (Wildman–Crippen MR) is 136 cm³/mol. The fourth-order valence-corrected chi connectivity index (χ4v) is 6.48. The van der Waals surface area contributed by atoms with E-state index in [0.717, 1.165) is 17.7 Å². The second-order valence-corrected chi connectivity index (χ2v) is 11.1. The van der Waals surface area contributed by atoms with E-state index < -0.39 is 59.5 Å². The molecule has 6 atom stereocenters. The molecule has 2 heterocycles. The molecule has 5 rings (SSSR count). The van der Waals surface area contributed by atoms with Crippen molar-refractivity contribution in [3.63, 3.8) is 0 Å². The number of nitrogens with zero attached hydrogens (tertiary/aromatic N) is 1. The lowest BCUT2D eigenvalue weighted by molar-refractivity contribution is -0.171. The summed E-state index contributed by atoms with van der Waals surface area (Å²) in [6, 6.07) is 3.68. The van der Waals surface area contributed by atoms with E-state index in [4.69, 9.17) is 24.1 Å². The molecule has 1 saturated heterocycles. The summed E-state index contributed by atoms with van der Waals surface area (Å²) in [6.07, 6.45) is -4.93. The van der Waals surface area contributed by atoms with E-state index in [-0.39, 0.29) is 31.2 Å². The molecule has 4 aliphatic rings. The number of esters is 2. The third-order valence-corrected chi connectivity index (χ3v) is 8.51. The zero-order valence-corrected chi connectivity index (χ0v) is 23.1. The molecule has 1 aromatic rings. The number of aliphatic hydroxyl groups is 2. The molecule has 0 aromatic heterocycles. The van der Waals surface area contributed by atoms with Crippen molar-refractivity contribution in [3.05, 3.63) is 40.7 Å². The SMILES string of the molecule is C[C@H](OC(=O)C[C@H](C)C(=O)OC1=CC[C@@]2(O)[C@H]3Cc4ccc(CO)c5c4[C@@]2(CCN3C)[C@H]1O5)C(=O)O.O=CC(F)(F)F. The fraction of sp³-hybridized carbons (Fsp3) is 0.571. The summed E-state index contributed by atoms with van der Waals surface area (Å²) >= 11 is 0. The molecular weight excluding hydrogens is 567 g/mol. The molecule has 1 fully saturated rings. The maximum Gasteiger partial charge on any atom is 0.446 e. The maximum absolute atomic E-state index is 13.0. The first-order chi connectivity index (χ1) is 19.6. The van der Waals surface area contributed by atoms with Gasteiger partial charge in [0.2, 0.25) is 6.29 Å². The van der Waals surface area contributed by atoms with Crippen LogP contribution in [0.5, 0.6) is 5.75 Å². The zero-order valence-electron chi connectivity index (χ0n) is 23.1. The van der Waals surface area contributed by atoms with Crippen LogP contribution in [0.4, 0.5) is 13.2 Å². The van der Waals surface area contributed by atoms with Gasteiger partial charge in [-0.15, -0.1) is 0 Å². The zero-order chi connectivity index (χ0) is 31.2. The Labute approximate surface area is 238 Å². The highest BCUT2D eigenvalue weighted by Crippen LogP contribution is 2.64. The first-order valence-electron chi connectivity index (χ1n) is 13.3. The number of carboxylic acid groups (broad SMARTS) is 1. The Balaban J connectivity index is 0.000000612. The number of hydrogen-bond acceptors (Lipinski definition) is 10. The van der Waals surface area contributed by atoms with Gasteiger partial charge in [0, 0.05) is 23.6 Å². The number of likely N-dealkylation sites (tertiary alicyclic amines) is 1. The monoisotopic (exact) mass is 599 g/mol. The van der Waals surface area contributed by atoms with Gasteiger partial charge in [0.25, 0.3) is 0 Å². The number of rotatable bonds is 7. The van der Waals surface area contributed by atoms with Crippen LogP contribution in [-0.2, 0) is 47.1 Å². The summed E-state index contributed by atoms with van der Waals surface area (Å²) in [5, 5.41) is 31.1. The van der Waals surface area contributed by atoms with E-state index in [2.05, 4.69) is 4.90 Å². The molecule has 11 nitrogen and oxygen atoms in total. The summed E-state index contributed by atoms with van der Waals surface area (Å²) < 4.78 is 48.3. The van der Waals surface area contributed by atoms with E-state index >= 15 is 0 Å². The highest BCUT2D eigenvalue weighted by Gasteiger charge is 2.71. The Kier molecular flexibility index (Phi) is 8.46. The number of aliphatic carboxylic acids is 1. The average Bonchev–Trinajstić information content (AvgIpc) is 3.27. The smallest absolute Gasteiger partial charge is 0.446 e.